The second-order valence-corrected chi connectivity index (χ2v) is 4.71. The van der Waals surface area contributed by atoms with Gasteiger partial charge in [0.25, 0.3) is 0 Å². The van der Waals surface area contributed by atoms with Crippen LogP contribution in [0.3, 0.4) is 0 Å². The summed E-state index contributed by atoms with van der Waals surface area (Å²) in [5.41, 5.74) is 3.67. The number of hydrogen-bond acceptors (Lipinski definition) is 4. The van der Waals surface area contributed by atoms with Gasteiger partial charge in [0.15, 0.2) is 0 Å². The van der Waals surface area contributed by atoms with Crippen LogP contribution in [0.15, 0.2) is 23.7 Å². The number of carbonyl (C=O) groups is 1. The summed E-state index contributed by atoms with van der Waals surface area (Å²) < 4.78 is 1.09. The topological polar surface area (TPSA) is 54.0 Å². The molecular weight excluding hydrogens is 246 g/mol. The van der Waals surface area contributed by atoms with E-state index in [2.05, 4.69) is 21.5 Å². The summed E-state index contributed by atoms with van der Waals surface area (Å²) in [5.74, 6) is 2.26. The third kappa shape index (κ3) is 2.79. The first-order valence-electron chi connectivity index (χ1n) is 5.51. The number of hydrogen-bond donors (Lipinski definition) is 2. The molecule has 0 bridgehead atoms. The molecule has 18 heavy (non-hydrogen) atoms. The maximum Gasteiger partial charge on any atom is 0.242 e. The SMILES string of the molecule is C#CCNC(=O)C(C)Nc1ccc2ncsc2c1. The van der Waals surface area contributed by atoms with Gasteiger partial charge in [-0.3, -0.25) is 4.79 Å². The summed E-state index contributed by atoms with van der Waals surface area (Å²) in [6.07, 6.45) is 5.09. The maximum absolute atomic E-state index is 11.6. The molecule has 2 N–H and O–H groups in total. The van der Waals surface area contributed by atoms with E-state index in [1.165, 1.54) is 0 Å². The molecule has 1 heterocycles. The van der Waals surface area contributed by atoms with Gasteiger partial charge in [0, 0.05) is 5.69 Å². The average Bonchev–Trinajstić information content (AvgIpc) is 2.83. The van der Waals surface area contributed by atoms with Crippen LogP contribution in [-0.4, -0.2) is 23.5 Å². The predicted octanol–water partition coefficient (Wildman–Crippen LogP) is 1.85. The summed E-state index contributed by atoms with van der Waals surface area (Å²) in [4.78, 5) is 15.8. The summed E-state index contributed by atoms with van der Waals surface area (Å²) in [6.45, 7) is 2.04. The minimum absolute atomic E-state index is 0.114. The second-order valence-electron chi connectivity index (χ2n) is 3.82. The van der Waals surface area contributed by atoms with Crippen LogP contribution < -0.4 is 10.6 Å². The highest BCUT2D eigenvalue weighted by Gasteiger charge is 2.11. The van der Waals surface area contributed by atoms with E-state index in [-0.39, 0.29) is 18.5 Å². The first-order chi connectivity index (χ1) is 8.70. The minimum Gasteiger partial charge on any atom is -0.374 e. The zero-order valence-electron chi connectivity index (χ0n) is 9.93. The molecule has 0 spiro atoms. The van der Waals surface area contributed by atoms with Crippen LogP contribution in [0.1, 0.15) is 6.92 Å². The number of nitrogens with zero attached hydrogens (tertiary/aromatic N) is 1. The number of nitrogens with one attached hydrogen (secondary N) is 2. The van der Waals surface area contributed by atoms with Gasteiger partial charge in [-0.2, -0.15) is 0 Å². The third-order valence-electron chi connectivity index (χ3n) is 2.47. The fourth-order valence-electron chi connectivity index (χ4n) is 1.55. The lowest BCUT2D eigenvalue weighted by Crippen LogP contribution is -2.37. The monoisotopic (exact) mass is 259 g/mol. The molecule has 5 heteroatoms. The van der Waals surface area contributed by atoms with E-state index in [9.17, 15) is 4.79 Å². The van der Waals surface area contributed by atoms with Gasteiger partial charge in [0.1, 0.15) is 6.04 Å². The minimum atomic E-state index is -0.330. The van der Waals surface area contributed by atoms with Gasteiger partial charge in [-0.25, -0.2) is 4.98 Å². The molecule has 4 nitrogen and oxygen atoms in total. The van der Waals surface area contributed by atoms with E-state index < -0.39 is 0 Å². The Balaban J connectivity index is 2.04. The number of rotatable bonds is 4. The van der Waals surface area contributed by atoms with Gasteiger partial charge in [0.2, 0.25) is 5.91 Å². The number of benzene rings is 1. The third-order valence-corrected chi connectivity index (χ3v) is 3.26. The molecule has 2 rings (SSSR count). The molecule has 92 valence electrons. The fraction of sp³-hybridized carbons (Fsp3) is 0.231. The Morgan fingerprint density at radius 3 is 3.22 bits per heavy atom. The molecule has 0 saturated carbocycles. The highest BCUT2D eigenvalue weighted by atomic mass is 32.1. The van der Waals surface area contributed by atoms with E-state index in [1.807, 2.05) is 18.2 Å². The molecule has 0 radical (unpaired) electrons. The maximum atomic E-state index is 11.6. The van der Waals surface area contributed by atoms with Crippen molar-refractivity contribution in [2.75, 3.05) is 11.9 Å². The smallest absolute Gasteiger partial charge is 0.242 e. The van der Waals surface area contributed by atoms with Gasteiger partial charge in [-0.1, -0.05) is 5.92 Å². The molecule has 1 aromatic heterocycles. The van der Waals surface area contributed by atoms with E-state index in [0.29, 0.717) is 0 Å². The van der Waals surface area contributed by atoms with Crippen molar-refractivity contribution in [3.8, 4) is 12.3 Å². The van der Waals surface area contributed by atoms with Crippen LogP contribution in [0, 0.1) is 12.3 Å². The van der Waals surface area contributed by atoms with Crippen molar-refractivity contribution in [3.05, 3.63) is 23.7 Å². The van der Waals surface area contributed by atoms with Crippen molar-refractivity contribution in [2.24, 2.45) is 0 Å². The summed E-state index contributed by atoms with van der Waals surface area (Å²) in [6, 6.07) is 5.49. The highest BCUT2D eigenvalue weighted by Crippen LogP contribution is 2.22. The molecule has 1 aromatic carbocycles. The number of thiazole rings is 1. The Kier molecular flexibility index (Phi) is 3.80. The van der Waals surface area contributed by atoms with Crippen molar-refractivity contribution in [1.82, 2.24) is 10.3 Å². The van der Waals surface area contributed by atoms with Gasteiger partial charge in [-0.05, 0) is 25.1 Å². The first-order valence-corrected chi connectivity index (χ1v) is 6.39. The van der Waals surface area contributed by atoms with E-state index in [1.54, 1.807) is 23.8 Å². The van der Waals surface area contributed by atoms with Crippen molar-refractivity contribution >= 4 is 33.1 Å². The zero-order chi connectivity index (χ0) is 13.0. The number of aromatic nitrogens is 1. The summed E-state index contributed by atoms with van der Waals surface area (Å²) in [5, 5.41) is 5.77. The lowest BCUT2D eigenvalue weighted by molar-refractivity contribution is -0.121. The van der Waals surface area contributed by atoms with Crippen LogP contribution in [0.2, 0.25) is 0 Å². The van der Waals surface area contributed by atoms with Crippen molar-refractivity contribution in [2.45, 2.75) is 13.0 Å². The summed E-state index contributed by atoms with van der Waals surface area (Å²) in [7, 11) is 0. The Hall–Kier alpha value is -2.06. The molecule has 2 aromatic rings. The van der Waals surface area contributed by atoms with Crippen LogP contribution in [0.4, 0.5) is 5.69 Å². The molecule has 1 amide bonds. The Morgan fingerprint density at radius 2 is 2.44 bits per heavy atom. The predicted molar refractivity (Wildman–Crippen MR) is 74.5 cm³/mol. The van der Waals surface area contributed by atoms with Crippen molar-refractivity contribution in [3.63, 3.8) is 0 Å². The number of amides is 1. The molecule has 0 aliphatic heterocycles. The first kappa shape index (κ1) is 12.4. The molecular formula is C13H13N3OS. The molecule has 1 unspecified atom stereocenters. The number of terminal acetylenes is 1. The van der Waals surface area contributed by atoms with Gasteiger partial charge >= 0.3 is 0 Å². The molecule has 0 aliphatic carbocycles. The Bertz CT molecular complexity index is 600. The number of fused-ring (bicyclic) bond motifs is 1. The molecule has 0 aliphatic rings. The van der Waals surface area contributed by atoms with Crippen LogP contribution in [0.25, 0.3) is 10.2 Å². The molecule has 0 fully saturated rings. The Morgan fingerprint density at radius 1 is 1.61 bits per heavy atom. The second kappa shape index (κ2) is 5.52. The van der Waals surface area contributed by atoms with E-state index >= 15 is 0 Å². The van der Waals surface area contributed by atoms with E-state index in [4.69, 9.17) is 6.42 Å². The molecule has 0 saturated heterocycles. The fourth-order valence-corrected chi connectivity index (χ4v) is 2.27. The van der Waals surface area contributed by atoms with Gasteiger partial charge in [0.05, 0.1) is 22.3 Å². The van der Waals surface area contributed by atoms with Crippen LogP contribution >= 0.6 is 11.3 Å². The van der Waals surface area contributed by atoms with Gasteiger partial charge in [-0.15, -0.1) is 17.8 Å². The lowest BCUT2D eigenvalue weighted by atomic mass is 10.2. The standard InChI is InChI=1S/C13H13N3OS/c1-3-6-14-13(17)9(2)16-10-4-5-11-12(7-10)18-8-15-11/h1,4-5,7-9,16H,6H2,2H3,(H,14,17). The van der Waals surface area contributed by atoms with Crippen LogP contribution in [0.5, 0.6) is 0 Å². The highest BCUT2D eigenvalue weighted by molar-refractivity contribution is 7.16. The lowest BCUT2D eigenvalue weighted by Gasteiger charge is -2.14. The van der Waals surface area contributed by atoms with E-state index in [0.717, 1.165) is 15.9 Å². The van der Waals surface area contributed by atoms with Crippen molar-refractivity contribution < 1.29 is 4.79 Å². The normalized spacial score (nSPS) is 11.8. The van der Waals surface area contributed by atoms with Gasteiger partial charge < -0.3 is 10.6 Å². The number of carbonyl (C=O) groups excluding carboxylic acids is 1. The zero-order valence-corrected chi connectivity index (χ0v) is 10.8. The quantitative estimate of drug-likeness (QED) is 0.824. The summed E-state index contributed by atoms with van der Waals surface area (Å²) >= 11 is 1.57. The van der Waals surface area contributed by atoms with Crippen LogP contribution in [-0.2, 0) is 4.79 Å². The average molecular weight is 259 g/mol. The number of anilines is 1. The Labute approximate surface area is 109 Å². The van der Waals surface area contributed by atoms with Crippen molar-refractivity contribution in [1.29, 1.82) is 0 Å². The molecule has 1 atom stereocenters. The largest absolute Gasteiger partial charge is 0.374 e.